The molecule has 2 aromatic heterocycles. The highest BCUT2D eigenvalue weighted by Gasteiger charge is 2.27. The number of pyridine rings is 1. The molecule has 2 aromatic carbocycles. The summed E-state index contributed by atoms with van der Waals surface area (Å²) in [5.41, 5.74) is 6.18. The van der Waals surface area contributed by atoms with Crippen molar-refractivity contribution in [2.45, 2.75) is 26.7 Å². The lowest BCUT2D eigenvalue weighted by Crippen LogP contribution is -2.47. The second-order valence-electron chi connectivity index (χ2n) is 9.58. The molecule has 194 valence electrons. The van der Waals surface area contributed by atoms with Crippen LogP contribution in [0, 0.1) is 18.3 Å². The van der Waals surface area contributed by atoms with Crippen molar-refractivity contribution < 1.29 is 9.53 Å². The smallest absolute Gasteiger partial charge is 0.306 e. The zero-order valence-corrected chi connectivity index (χ0v) is 22.1. The molecule has 5 rings (SSSR count). The molecule has 1 fully saturated rings. The lowest BCUT2D eigenvalue weighted by Gasteiger charge is -2.37. The number of hydrogen-bond donors (Lipinski definition) is 0. The van der Waals surface area contributed by atoms with Crippen LogP contribution in [0.2, 0.25) is 0 Å². The highest BCUT2D eigenvalue weighted by Crippen LogP contribution is 2.34. The number of anilines is 1. The van der Waals surface area contributed by atoms with E-state index in [1.165, 1.54) is 5.56 Å². The zero-order chi connectivity index (χ0) is 26.5. The summed E-state index contributed by atoms with van der Waals surface area (Å²) >= 11 is 0. The Morgan fingerprint density at radius 1 is 1.08 bits per heavy atom. The van der Waals surface area contributed by atoms with Gasteiger partial charge >= 0.3 is 5.97 Å². The zero-order valence-electron chi connectivity index (χ0n) is 22.1. The van der Waals surface area contributed by atoms with Gasteiger partial charge in [-0.1, -0.05) is 54.6 Å². The Morgan fingerprint density at radius 3 is 2.55 bits per heavy atom. The van der Waals surface area contributed by atoms with Crippen LogP contribution in [0.3, 0.4) is 0 Å². The number of carbonyl (C=O) groups excluding carboxylic acids is 1. The quantitative estimate of drug-likeness (QED) is 0.313. The molecular formula is C31H33N5O2. The molecule has 3 heterocycles. The number of fused-ring (bicyclic) bond motifs is 3. The van der Waals surface area contributed by atoms with Gasteiger partial charge in [-0.25, -0.2) is 4.98 Å². The van der Waals surface area contributed by atoms with Gasteiger partial charge in [-0.15, -0.1) is 0 Å². The summed E-state index contributed by atoms with van der Waals surface area (Å²) in [6.07, 6.45) is 5.18. The Bertz CT molecular complexity index is 1510. The molecule has 38 heavy (non-hydrogen) atoms. The summed E-state index contributed by atoms with van der Waals surface area (Å²) < 4.78 is 7.35. The first-order valence-corrected chi connectivity index (χ1v) is 13.3. The number of piperazine rings is 1. The summed E-state index contributed by atoms with van der Waals surface area (Å²) in [4.78, 5) is 22.0. The molecule has 1 saturated heterocycles. The monoisotopic (exact) mass is 507 g/mol. The molecule has 0 N–H and O–H groups in total. The van der Waals surface area contributed by atoms with E-state index in [0.29, 0.717) is 24.2 Å². The minimum Gasteiger partial charge on any atom is -0.466 e. The van der Waals surface area contributed by atoms with Gasteiger partial charge in [-0.3, -0.25) is 14.1 Å². The summed E-state index contributed by atoms with van der Waals surface area (Å²) in [6, 6.07) is 20.8. The average Bonchev–Trinajstić information content (AvgIpc) is 3.32. The average molecular weight is 508 g/mol. The first-order chi connectivity index (χ1) is 18.6. The van der Waals surface area contributed by atoms with Gasteiger partial charge in [0.1, 0.15) is 11.9 Å². The molecule has 4 aromatic rings. The van der Waals surface area contributed by atoms with Crippen LogP contribution in [0.25, 0.3) is 22.8 Å². The van der Waals surface area contributed by atoms with Gasteiger partial charge < -0.3 is 9.64 Å². The number of nitriles is 1. The van der Waals surface area contributed by atoms with E-state index in [1.807, 2.05) is 38.1 Å². The van der Waals surface area contributed by atoms with Crippen molar-refractivity contribution in [1.29, 1.82) is 5.26 Å². The first-order valence-electron chi connectivity index (χ1n) is 13.3. The van der Waals surface area contributed by atoms with Gasteiger partial charge in [-0.2, -0.15) is 5.26 Å². The third-order valence-corrected chi connectivity index (χ3v) is 7.24. The second-order valence-corrected chi connectivity index (χ2v) is 9.58. The Hall–Kier alpha value is -4.15. The molecule has 7 heteroatoms. The fourth-order valence-corrected chi connectivity index (χ4v) is 5.30. The van der Waals surface area contributed by atoms with E-state index in [0.717, 1.165) is 60.7 Å². The van der Waals surface area contributed by atoms with Crippen molar-refractivity contribution in [1.82, 2.24) is 14.3 Å². The van der Waals surface area contributed by atoms with E-state index in [4.69, 9.17) is 9.72 Å². The molecule has 0 atom stereocenters. The van der Waals surface area contributed by atoms with Crippen LogP contribution in [-0.2, 0) is 16.0 Å². The third-order valence-electron chi connectivity index (χ3n) is 7.24. The Kier molecular flexibility index (Phi) is 7.71. The van der Waals surface area contributed by atoms with E-state index in [9.17, 15) is 10.1 Å². The number of aromatic nitrogens is 2. The number of imidazole rings is 1. The lowest BCUT2D eigenvalue weighted by molar-refractivity contribution is -0.143. The number of ether oxygens (including phenoxy) is 1. The SMILES string of the molecule is CCOC(=O)CCc1c(C)c(C#N)c2nc3ccccc3n2c1N1CCN(C/C=C/c2ccccc2)CC1. The minimum absolute atomic E-state index is 0.220. The minimum atomic E-state index is -0.220. The highest BCUT2D eigenvalue weighted by molar-refractivity contribution is 5.86. The largest absolute Gasteiger partial charge is 0.466 e. The van der Waals surface area contributed by atoms with E-state index in [2.05, 4.69) is 62.8 Å². The van der Waals surface area contributed by atoms with Gasteiger partial charge in [0.25, 0.3) is 0 Å². The number of benzene rings is 2. The van der Waals surface area contributed by atoms with Crippen LogP contribution >= 0.6 is 0 Å². The number of rotatable bonds is 8. The van der Waals surface area contributed by atoms with Gasteiger partial charge in [0, 0.05) is 39.1 Å². The summed E-state index contributed by atoms with van der Waals surface area (Å²) in [7, 11) is 0. The number of nitrogens with zero attached hydrogens (tertiary/aromatic N) is 5. The number of esters is 1. The van der Waals surface area contributed by atoms with Crippen LogP contribution in [0.15, 0.2) is 60.7 Å². The lowest BCUT2D eigenvalue weighted by atomic mass is 9.99. The summed E-state index contributed by atoms with van der Waals surface area (Å²) in [5.74, 6) is 0.816. The molecule has 0 aliphatic carbocycles. The van der Waals surface area contributed by atoms with Crippen molar-refractivity contribution >= 4 is 34.5 Å². The molecular weight excluding hydrogens is 474 g/mol. The van der Waals surface area contributed by atoms with Crippen molar-refractivity contribution in [3.8, 4) is 6.07 Å². The van der Waals surface area contributed by atoms with Crippen LogP contribution in [0.1, 0.15) is 35.6 Å². The fourth-order valence-electron chi connectivity index (χ4n) is 5.30. The Labute approximate surface area is 223 Å². The van der Waals surface area contributed by atoms with Gasteiger partial charge in [0.2, 0.25) is 0 Å². The Morgan fingerprint density at radius 2 is 1.82 bits per heavy atom. The van der Waals surface area contributed by atoms with Crippen LogP contribution in [0.5, 0.6) is 0 Å². The summed E-state index contributed by atoms with van der Waals surface area (Å²) in [5, 5.41) is 10.1. The van der Waals surface area contributed by atoms with Crippen molar-refractivity contribution in [2.75, 3.05) is 44.2 Å². The maximum atomic E-state index is 12.3. The van der Waals surface area contributed by atoms with E-state index < -0.39 is 0 Å². The molecule has 0 amide bonds. The first kappa shape index (κ1) is 25.5. The molecule has 0 unspecified atom stereocenters. The van der Waals surface area contributed by atoms with Gasteiger partial charge in [-0.05, 0) is 49.1 Å². The third kappa shape index (κ3) is 5.13. The number of hydrogen-bond acceptors (Lipinski definition) is 6. The normalized spacial score (nSPS) is 14.4. The van der Waals surface area contributed by atoms with Gasteiger partial charge in [0.05, 0.1) is 23.2 Å². The topological polar surface area (TPSA) is 73.9 Å². The van der Waals surface area contributed by atoms with Crippen LogP contribution < -0.4 is 4.90 Å². The number of carbonyl (C=O) groups is 1. The molecule has 0 radical (unpaired) electrons. The highest BCUT2D eigenvalue weighted by atomic mass is 16.5. The molecule has 1 aliphatic heterocycles. The standard InChI is InChI=1S/C31H33N5O2/c1-3-38-29(37)16-15-25-23(2)26(22-32)30-33-27-13-7-8-14-28(27)36(30)31(25)35-20-18-34(19-21-35)17-9-12-24-10-5-4-6-11-24/h4-14H,3,15-21H2,1-2H3/b12-9+. The maximum Gasteiger partial charge on any atom is 0.306 e. The van der Waals surface area contributed by atoms with Gasteiger partial charge in [0.15, 0.2) is 5.65 Å². The number of para-hydroxylation sites is 2. The van der Waals surface area contributed by atoms with E-state index >= 15 is 0 Å². The summed E-state index contributed by atoms with van der Waals surface area (Å²) in [6.45, 7) is 8.59. The maximum absolute atomic E-state index is 12.3. The second kappa shape index (κ2) is 11.5. The predicted octanol–water partition coefficient (Wildman–Crippen LogP) is 5.00. The van der Waals surface area contributed by atoms with Crippen molar-refractivity contribution in [3.63, 3.8) is 0 Å². The van der Waals surface area contributed by atoms with E-state index in [1.54, 1.807) is 0 Å². The molecule has 0 saturated carbocycles. The molecule has 0 spiro atoms. The fraction of sp³-hybridized carbons (Fsp3) is 0.323. The molecule has 0 bridgehead atoms. The molecule has 7 nitrogen and oxygen atoms in total. The van der Waals surface area contributed by atoms with Crippen LogP contribution in [-0.4, -0.2) is 59.6 Å². The van der Waals surface area contributed by atoms with Crippen LogP contribution in [0.4, 0.5) is 5.82 Å². The molecule has 1 aliphatic rings. The van der Waals surface area contributed by atoms with Crippen molar-refractivity contribution in [2.24, 2.45) is 0 Å². The van der Waals surface area contributed by atoms with Crippen molar-refractivity contribution in [3.05, 3.63) is 82.9 Å². The van der Waals surface area contributed by atoms with E-state index in [-0.39, 0.29) is 12.4 Å². The Balaban J connectivity index is 1.48. The predicted molar refractivity (Wildman–Crippen MR) is 151 cm³/mol.